The maximum absolute atomic E-state index is 14.5. The number of nitrogens with zero attached hydrogens (tertiary/aromatic N) is 3. The third-order valence-corrected chi connectivity index (χ3v) is 15.6. The molecule has 25 heteroatoms. The summed E-state index contributed by atoms with van der Waals surface area (Å²) in [4.78, 5) is 146. The summed E-state index contributed by atoms with van der Waals surface area (Å²) < 4.78 is 40.6. The van der Waals surface area contributed by atoms with E-state index >= 15 is 0 Å². The van der Waals surface area contributed by atoms with Gasteiger partial charge in [0, 0.05) is 72.5 Å². The van der Waals surface area contributed by atoms with Crippen LogP contribution in [-0.2, 0) is 50.3 Å². The first-order valence-corrected chi connectivity index (χ1v) is 27.6. The molecule has 8 rings (SSSR count). The molecule has 5 heterocycles. The lowest BCUT2D eigenvalue weighted by atomic mass is 10.0. The van der Waals surface area contributed by atoms with Gasteiger partial charge in [-0.3, -0.25) is 53.0 Å². The van der Waals surface area contributed by atoms with E-state index in [1.807, 2.05) is 11.0 Å². The van der Waals surface area contributed by atoms with Crippen molar-refractivity contribution < 1.29 is 66.3 Å². The molecule has 0 saturated carbocycles. The van der Waals surface area contributed by atoms with Gasteiger partial charge in [-0.1, -0.05) is 60.7 Å². The van der Waals surface area contributed by atoms with E-state index in [-0.39, 0.29) is 80.1 Å². The Balaban J connectivity index is 0.874. The van der Waals surface area contributed by atoms with Crippen LogP contribution in [0, 0.1) is 11.8 Å². The molecule has 3 aromatic carbocycles. The van der Waals surface area contributed by atoms with Crippen molar-refractivity contribution in [2.75, 3.05) is 26.7 Å². The fourth-order valence-electron chi connectivity index (χ4n) is 10.4. The zero-order valence-corrected chi connectivity index (χ0v) is 44.0. The first kappa shape index (κ1) is 57.3. The number of piperidine rings is 1. The highest BCUT2D eigenvalue weighted by atomic mass is 31.2. The average molecular weight is 1110 g/mol. The number of likely N-dealkylation sites (N-methyl/N-ethyl adjacent to an activating group) is 1. The van der Waals surface area contributed by atoms with Crippen molar-refractivity contribution in [3.8, 4) is 11.8 Å². The molecular weight excluding hydrogens is 1050 g/mol. The lowest BCUT2D eigenvalue weighted by Gasteiger charge is -2.38. The highest BCUT2D eigenvalue weighted by Crippen LogP contribution is 2.59. The van der Waals surface area contributed by atoms with E-state index in [1.54, 1.807) is 49.5 Å². The molecule has 6 atom stereocenters. The van der Waals surface area contributed by atoms with E-state index in [9.17, 15) is 66.3 Å². The quantitative estimate of drug-likeness (QED) is 0.0282. The molecule has 3 fully saturated rings. The number of benzene rings is 3. The number of halogens is 2. The number of H-pyrrole nitrogens is 1. The van der Waals surface area contributed by atoms with Crippen molar-refractivity contribution in [2.45, 2.75) is 119 Å². The summed E-state index contributed by atoms with van der Waals surface area (Å²) >= 11 is 0. The van der Waals surface area contributed by atoms with E-state index in [0.717, 1.165) is 23.8 Å². The minimum Gasteiger partial charge on any atom is -0.370 e. The number of carbonyl (C=O) groups is 9. The Morgan fingerprint density at radius 2 is 1.68 bits per heavy atom. The second kappa shape index (κ2) is 24.4. The molecule has 1 aromatic heterocycles. The highest BCUT2D eigenvalue weighted by Gasteiger charge is 2.51. The van der Waals surface area contributed by atoms with Crippen LogP contribution < -0.4 is 32.3 Å². The van der Waals surface area contributed by atoms with E-state index in [0.29, 0.717) is 61.8 Å². The molecule has 79 heavy (non-hydrogen) atoms. The number of nitrogens with two attached hydrogens (primary N) is 1. The maximum atomic E-state index is 14.5. The normalized spacial score (nSPS) is 20.4. The molecule has 9 amide bonds. The van der Waals surface area contributed by atoms with Crippen molar-refractivity contribution in [3.63, 3.8) is 0 Å². The SMILES string of the molecule is CN1CC[C@H]2CC[C@@H](C(=O)N[C@@H](CCC(N)=O)C(=O)N[C@H](C(=O)NCCCCCC#Cc3cccc4c3CN(C3CCC(=O)NC3=O)C4=O)c3ccccc3)N2C(=O)[C@@H](NC(=O)c2cc3cc(C(F)(F)P(=O)(O)O)ccc3[nH]2)C1. The first-order valence-electron chi connectivity index (χ1n) is 26.0. The second-order valence-electron chi connectivity index (χ2n) is 20.2. The number of primary amides is 1. The van der Waals surface area contributed by atoms with Gasteiger partial charge in [0.2, 0.25) is 41.4 Å². The smallest absolute Gasteiger partial charge is 0.370 e. The molecule has 1 unspecified atom stereocenters. The predicted molar refractivity (Wildman–Crippen MR) is 280 cm³/mol. The summed E-state index contributed by atoms with van der Waals surface area (Å²) in [5.41, 5.74) is 2.40. The summed E-state index contributed by atoms with van der Waals surface area (Å²) in [5.74, 6) is 0.938. The number of hydrogen-bond acceptors (Lipinski definition) is 11. The number of aromatic amines is 1. The topological polar surface area (TPSA) is 323 Å². The number of imide groups is 1. The highest BCUT2D eigenvalue weighted by molar-refractivity contribution is 7.52. The van der Waals surface area contributed by atoms with Crippen LogP contribution in [0.5, 0.6) is 0 Å². The Bertz CT molecular complexity index is 3180. The van der Waals surface area contributed by atoms with E-state index < -0.39 is 96.4 Å². The summed E-state index contributed by atoms with van der Waals surface area (Å²) in [5, 5.41) is 13.4. The molecule has 4 aliphatic heterocycles. The number of fused-ring (bicyclic) bond motifs is 3. The minimum atomic E-state index is -5.88. The molecule has 3 saturated heterocycles. The van der Waals surface area contributed by atoms with Gasteiger partial charge in [0.25, 0.3) is 11.8 Å². The number of hydrogen-bond donors (Lipinski definition) is 9. The third kappa shape index (κ3) is 13.2. The van der Waals surface area contributed by atoms with E-state index in [4.69, 9.17) is 5.73 Å². The van der Waals surface area contributed by atoms with Crippen molar-refractivity contribution in [2.24, 2.45) is 5.73 Å². The van der Waals surface area contributed by atoms with Gasteiger partial charge in [0.05, 0.1) is 0 Å². The summed E-state index contributed by atoms with van der Waals surface area (Å²) in [6, 6.07) is 11.5. The number of nitrogens with one attached hydrogen (secondary N) is 6. The molecule has 4 aliphatic rings. The van der Waals surface area contributed by atoms with Crippen molar-refractivity contribution in [3.05, 3.63) is 106 Å². The molecule has 418 valence electrons. The molecule has 0 spiro atoms. The van der Waals surface area contributed by atoms with Crippen LogP contribution in [0.4, 0.5) is 8.78 Å². The van der Waals surface area contributed by atoms with Gasteiger partial charge in [-0.25, -0.2) is 0 Å². The van der Waals surface area contributed by atoms with Gasteiger partial charge in [0.1, 0.15) is 35.9 Å². The van der Waals surface area contributed by atoms with Gasteiger partial charge in [-0.2, -0.15) is 8.78 Å². The minimum absolute atomic E-state index is 0.0144. The van der Waals surface area contributed by atoms with Gasteiger partial charge in [-0.15, -0.1) is 0 Å². The Labute approximate surface area is 452 Å². The average Bonchev–Trinajstić information content (AvgIpc) is 4.31. The summed E-state index contributed by atoms with van der Waals surface area (Å²) in [6.07, 6.45) is 3.33. The van der Waals surface area contributed by atoms with Crippen LogP contribution in [0.3, 0.4) is 0 Å². The fourth-order valence-corrected chi connectivity index (χ4v) is 10.9. The largest absolute Gasteiger partial charge is 0.399 e. The number of carbonyl (C=O) groups excluding carboxylic acids is 9. The van der Waals surface area contributed by atoms with Gasteiger partial charge < -0.3 is 56.5 Å². The van der Waals surface area contributed by atoms with Crippen molar-refractivity contribution in [1.29, 1.82) is 0 Å². The van der Waals surface area contributed by atoms with Gasteiger partial charge in [-0.05, 0) is 100.0 Å². The van der Waals surface area contributed by atoms with Crippen molar-refractivity contribution in [1.82, 2.24) is 46.3 Å². The fraction of sp³-hybridized carbons (Fsp3) is 0.426. The van der Waals surface area contributed by atoms with Gasteiger partial charge in [0.15, 0.2) is 0 Å². The third-order valence-electron chi connectivity index (χ3n) is 14.7. The number of alkyl halides is 2. The molecule has 0 bridgehead atoms. The Morgan fingerprint density at radius 3 is 2.42 bits per heavy atom. The Kier molecular flexibility index (Phi) is 17.7. The molecule has 0 radical (unpaired) electrons. The molecule has 4 aromatic rings. The molecule has 10 N–H and O–H groups in total. The number of unbranched alkanes of at least 4 members (excludes halogenated alkanes) is 3. The van der Waals surface area contributed by atoms with Crippen LogP contribution in [0.25, 0.3) is 10.9 Å². The van der Waals surface area contributed by atoms with Crippen molar-refractivity contribution >= 4 is 71.7 Å². The van der Waals surface area contributed by atoms with Crippen LogP contribution in [0.15, 0.2) is 72.8 Å². The lowest BCUT2D eigenvalue weighted by molar-refractivity contribution is -0.144. The zero-order chi connectivity index (χ0) is 56.8. The second-order valence-corrected chi connectivity index (χ2v) is 21.8. The monoisotopic (exact) mass is 1110 g/mol. The number of aromatic nitrogens is 1. The Morgan fingerprint density at radius 1 is 0.911 bits per heavy atom. The standard InChI is InChI=1S/C54H61F2N10O12P/c1-64-26-24-35-17-20-43(66(35)53(75)41(30-64)61-48(70)40-28-33-27-34(16-18-38(33)59-40)54(55,56)79(76,77)78)50(72)60-39(19-22-44(57)67)47(69)63-46(32-12-7-5-8-13-32)51(73)58-25-9-4-2-3-6-11-31-14-10-15-36-37(31)29-65(52(36)74)42-21-23-45(68)62-49(42)71/h5,7-8,10,12-16,18,27-28,35,39,41-43,46,59H,2-4,9,17,19-26,29-30H2,1H3,(H2,57,67)(H,58,73)(H,60,72)(H,61,70)(H,63,69)(H,62,68,71)(H2,76,77,78)/t35-,39+,41+,42?,43+,46+/m1/s1. The van der Waals surface area contributed by atoms with Crippen LogP contribution in [0.1, 0.15) is 120 Å². The van der Waals surface area contributed by atoms with Crippen LogP contribution >= 0.6 is 7.60 Å². The zero-order valence-electron chi connectivity index (χ0n) is 43.1. The Hall–Kier alpha value is -7.84. The maximum Gasteiger partial charge on any atom is 0.399 e. The van der Waals surface area contributed by atoms with E-state index in [2.05, 4.69) is 43.4 Å². The van der Waals surface area contributed by atoms with Crippen LogP contribution in [-0.4, -0.2) is 140 Å². The van der Waals surface area contributed by atoms with Gasteiger partial charge >= 0.3 is 13.3 Å². The first-order chi connectivity index (χ1) is 37.6. The molecule has 0 aliphatic carbocycles. The number of rotatable bonds is 19. The van der Waals surface area contributed by atoms with Crippen LogP contribution in [0.2, 0.25) is 0 Å². The predicted octanol–water partition coefficient (Wildman–Crippen LogP) is 2.29. The lowest BCUT2D eigenvalue weighted by Crippen LogP contribution is -2.61. The molecular formula is C54H61F2N10O12P. The molecule has 22 nitrogen and oxygen atoms in total. The summed E-state index contributed by atoms with van der Waals surface area (Å²) in [7, 11) is -4.13. The summed E-state index contributed by atoms with van der Waals surface area (Å²) in [6.45, 7) is 0.934. The number of amides is 9. The van der Waals surface area contributed by atoms with E-state index in [1.165, 1.54) is 15.9 Å².